The fourth-order valence-corrected chi connectivity index (χ4v) is 3.96. The van der Waals surface area contributed by atoms with Gasteiger partial charge in [0, 0.05) is 12.2 Å². The highest BCUT2D eigenvalue weighted by Gasteiger charge is 2.08. The molecule has 0 aliphatic rings. The summed E-state index contributed by atoms with van der Waals surface area (Å²) < 4.78 is 1.95. The second kappa shape index (κ2) is 8.88. The molecule has 4 aromatic rings. The molecule has 1 N–H and O–H groups in total. The molecule has 4 rings (SSSR count). The van der Waals surface area contributed by atoms with E-state index < -0.39 is 0 Å². The number of nitrogens with one attached hydrogen (secondary N) is 1. The van der Waals surface area contributed by atoms with Crippen LogP contribution in [-0.4, -0.2) is 22.2 Å². The molecule has 29 heavy (non-hydrogen) atoms. The van der Waals surface area contributed by atoms with Crippen LogP contribution in [0.4, 0.5) is 0 Å². The van der Waals surface area contributed by atoms with E-state index in [0.717, 1.165) is 27.4 Å². The van der Waals surface area contributed by atoms with Gasteiger partial charge in [-0.1, -0.05) is 60.7 Å². The third-order valence-corrected chi connectivity index (χ3v) is 5.72. The van der Waals surface area contributed by atoms with Crippen LogP contribution in [0.1, 0.15) is 11.3 Å². The fourth-order valence-electron chi connectivity index (χ4n) is 3.28. The van der Waals surface area contributed by atoms with Crippen molar-refractivity contribution >= 4 is 17.2 Å². The van der Waals surface area contributed by atoms with E-state index in [1.165, 1.54) is 5.56 Å². The van der Waals surface area contributed by atoms with Gasteiger partial charge in [-0.2, -0.15) is 5.10 Å². The smallest absolute Gasteiger partial charge is 0.224 e. The van der Waals surface area contributed by atoms with Gasteiger partial charge in [-0.3, -0.25) is 9.48 Å². The molecule has 0 aliphatic heterocycles. The maximum absolute atomic E-state index is 12.3. The average molecular weight is 402 g/mol. The van der Waals surface area contributed by atoms with E-state index in [1.54, 1.807) is 11.3 Å². The van der Waals surface area contributed by atoms with Gasteiger partial charge in [0.1, 0.15) is 5.69 Å². The molecule has 146 valence electrons. The molecule has 0 spiro atoms. The van der Waals surface area contributed by atoms with Gasteiger partial charge in [-0.05, 0) is 41.1 Å². The zero-order valence-corrected chi connectivity index (χ0v) is 17.2. The van der Waals surface area contributed by atoms with Crippen molar-refractivity contribution in [3.05, 3.63) is 89.4 Å². The summed E-state index contributed by atoms with van der Waals surface area (Å²) in [7, 11) is 0. The summed E-state index contributed by atoms with van der Waals surface area (Å²) in [6.07, 6.45) is 0.383. The summed E-state index contributed by atoms with van der Waals surface area (Å²) in [5, 5.41) is 9.70. The zero-order chi connectivity index (χ0) is 20.1. The van der Waals surface area contributed by atoms with E-state index in [1.807, 2.05) is 48.0 Å². The highest BCUT2D eigenvalue weighted by Crippen LogP contribution is 2.23. The van der Waals surface area contributed by atoms with Gasteiger partial charge < -0.3 is 5.32 Å². The van der Waals surface area contributed by atoms with E-state index in [-0.39, 0.29) is 5.91 Å². The molecule has 0 radical (unpaired) electrons. The van der Waals surface area contributed by atoms with Crippen molar-refractivity contribution in [1.29, 1.82) is 0 Å². The van der Waals surface area contributed by atoms with E-state index in [4.69, 9.17) is 0 Å². The highest BCUT2D eigenvalue weighted by molar-refractivity contribution is 7.13. The van der Waals surface area contributed by atoms with E-state index in [9.17, 15) is 4.79 Å². The van der Waals surface area contributed by atoms with Crippen molar-refractivity contribution < 1.29 is 4.79 Å². The quantitative estimate of drug-likeness (QED) is 0.476. The highest BCUT2D eigenvalue weighted by atomic mass is 32.1. The number of thiophene rings is 1. The number of amides is 1. The molecule has 0 unspecified atom stereocenters. The Morgan fingerprint density at radius 3 is 2.48 bits per heavy atom. The van der Waals surface area contributed by atoms with Crippen LogP contribution < -0.4 is 5.32 Å². The van der Waals surface area contributed by atoms with E-state index in [0.29, 0.717) is 19.5 Å². The normalized spacial score (nSPS) is 10.8. The largest absolute Gasteiger partial charge is 0.354 e. The molecule has 0 aliphatic carbocycles. The first-order chi connectivity index (χ1) is 14.2. The summed E-state index contributed by atoms with van der Waals surface area (Å²) in [4.78, 5) is 13.5. The van der Waals surface area contributed by atoms with Crippen molar-refractivity contribution in [2.75, 3.05) is 6.54 Å². The van der Waals surface area contributed by atoms with E-state index >= 15 is 0 Å². The summed E-state index contributed by atoms with van der Waals surface area (Å²) in [6.45, 7) is 3.27. The van der Waals surface area contributed by atoms with Crippen molar-refractivity contribution in [3.63, 3.8) is 0 Å². The minimum Gasteiger partial charge on any atom is -0.354 e. The Bertz CT molecular complexity index is 1070. The average Bonchev–Trinajstić information content (AvgIpc) is 3.39. The lowest BCUT2D eigenvalue weighted by molar-refractivity contribution is -0.120. The Labute approximate surface area is 174 Å². The number of carbonyl (C=O) groups is 1. The molecule has 5 heteroatoms. The zero-order valence-electron chi connectivity index (χ0n) is 16.3. The molecule has 2 heterocycles. The van der Waals surface area contributed by atoms with Gasteiger partial charge in [0.2, 0.25) is 5.91 Å². The molecule has 0 saturated carbocycles. The number of nitrogens with zero attached hydrogens (tertiary/aromatic N) is 2. The first kappa shape index (κ1) is 19.2. The lowest BCUT2D eigenvalue weighted by Gasteiger charge is -2.08. The van der Waals surface area contributed by atoms with Crippen molar-refractivity contribution in [3.8, 4) is 21.7 Å². The number of aryl methyl sites for hydroxylation is 1. The fraction of sp³-hybridized carbons (Fsp3) is 0.167. The van der Waals surface area contributed by atoms with Crippen molar-refractivity contribution in [2.24, 2.45) is 0 Å². The third kappa shape index (κ3) is 4.81. The molecular formula is C24H23N3OS. The van der Waals surface area contributed by atoms with Gasteiger partial charge in [-0.25, -0.2) is 0 Å². The predicted molar refractivity (Wildman–Crippen MR) is 119 cm³/mol. The molecular weight excluding hydrogens is 378 g/mol. The Balaban J connectivity index is 1.28. The number of benzene rings is 2. The molecule has 0 atom stereocenters. The summed E-state index contributed by atoms with van der Waals surface area (Å²) in [6, 6.07) is 24.6. The van der Waals surface area contributed by atoms with Gasteiger partial charge >= 0.3 is 0 Å². The number of aromatic nitrogens is 2. The van der Waals surface area contributed by atoms with Crippen LogP contribution in [0.25, 0.3) is 21.7 Å². The van der Waals surface area contributed by atoms with Crippen molar-refractivity contribution in [1.82, 2.24) is 15.1 Å². The van der Waals surface area contributed by atoms with Crippen LogP contribution in [0, 0.1) is 6.92 Å². The summed E-state index contributed by atoms with van der Waals surface area (Å²) >= 11 is 1.68. The lowest BCUT2D eigenvalue weighted by Crippen LogP contribution is -2.29. The first-order valence-corrected chi connectivity index (χ1v) is 10.6. The van der Waals surface area contributed by atoms with Crippen molar-refractivity contribution in [2.45, 2.75) is 19.9 Å². The molecule has 4 nitrogen and oxygen atoms in total. The topological polar surface area (TPSA) is 46.9 Å². The number of hydrogen-bond acceptors (Lipinski definition) is 3. The SMILES string of the molecule is Cc1cc(-c2cccs2)nn1CCNC(=O)Cc1ccc(-c2ccccc2)cc1. The number of rotatable bonds is 7. The minimum atomic E-state index is 0.0285. The number of carbonyl (C=O) groups excluding carboxylic acids is 1. The van der Waals surface area contributed by atoms with Gasteiger partial charge in [0.25, 0.3) is 0 Å². The standard InChI is InChI=1S/C24H23N3OS/c1-18-16-22(23-8-5-15-29-23)26-27(18)14-13-25-24(28)17-19-9-11-21(12-10-19)20-6-3-2-4-7-20/h2-12,15-16H,13-14,17H2,1H3,(H,25,28). The molecule has 2 aromatic heterocycles. The van der Waals surface area contributed by atoms with Gasteiger partial charge in [0.05, 0.1) is 17.8 Å². The Morgan fingerprint density at radius 1 is 1.00 bits per heavy atom. The maximum Gasteiger partial charge on any atom is 0.224 e. The molecule has 0 saturated heterocycles. The van der Waals surface area contributed by atoms with Crippen LogP contribution >= 0.6 is 11.3 Å². The van der Waals surface area contributed by atoms with Crippen LogP contribution in [0.2, 0.25) is 0 Å². The summed E-state index contributed by atoms with van der Waals surface area (Å²) in [5.74, 6) is 0.0285. The molecule has 0 bridgehead atoms. The maximum atomic E-state index is 12.3. The number of hydrogen-bond donors (Lipinski definition) is 1. The first-order valence-electron chi connectivity index (χ1n) is 9.68. The monoisotopic (exact) mass is 401 g/mol. The van der Waals surface area contributed by atoms with E-state index in [2.05, 4.69) is 52.2 Å². The molecule has 2 aromatic carbocycles. The Kier molecular flexibility index (Phi) is 5.86. The minimum absolute atomic E-state index is 0.0285. The predicted octanol–water partition coefficient (Wildman–Crippen LogP) is 4.95. The molecule has 1 amide bonds. The molecule has 0 fully saturated rings. The van der Waals surface area contributed by atoms with Crippen LogP contribution in [0.5, 0.6) is 0 Å². The second-order valence-corrected chi connectivity index (χ2v) is 7.91. The van der Waals surface area contributed by atoms with Crippen LogP contribution in [-0.2, 0) is 17.8 Å². The van der Waals surface area contributed by atoms with Gasteiger partial charge in [0.15, 0.2) is 0 Å². The second-order valence-electron chi connectivity index (χ2n) is 6.96. The van der Waals surface area contributed by atoms with Crippen LogP contribution in [0.3, 0.4) is 0 Å². The third-order valence-electron chi connectivity index (χ3n) is 4.83. The Morgan fingerprint density at radius 2 is 1.76 bits per heavy atom. The van der Waals surface area contributed by atoms with Gasteiger partial charge in [-0.15, -0.1) is 11.3 Å². The lowest BCUT2D eigenvalue weighted by atomic mass is 10.0. The summed E-state index contributed by atoms with van der Waals surface area (Å²) in [5.41, 5.74) is 5.43. The Hall–Kier alpha value is -3.18. The van der Waals surface area contributed by atoms with Crippen LogP contribution in [0.15, 0.2) is 78.2 Å².